The van der Waals surface area contributed by atoms with Crippen LogP contribution in [0.25, 0.3) is 0 Å². The van der Waals surface area contributed by atoms with Gasteiger partial charge in [0.25, 0.3) is 5.69 Å². The number of rotatable bonds is 6. The summed E-state index contributed by atoms with van der Waals surface area (Å²) in [5.41, 5.74) is 0.681. The Labute approximate surface area is 118 Å². The number of nitrogens with one attached hydrogen (secondary N) is 2. The minimum Gasteiger partial charge on any atom is -0.384 e. The molecule has 0 heterocycles. The zero-order valence-electron chi connectivity index (χ0n) is 9.51. The topological polar surface area (TPSA) is 101 Å². The van der Waals surface area contributed by atoms with Crippen molar-refractivity contribution in [1.82, 2.24) is 4.72 Å². The Bertz CT molecular complexity index is 547. The third-order valence-corrected chi connectivity index (χ3v) is 4.38. The first-order chi connectivity index (χ1) is 8.35. The van der Waals surface area contributed by atoms with Crippen molar-refractivity contribution >= 4 is 44.0 Å². The number of anilines is 1. The Kier molecular flexibility index (Phi) is 5.28. The fourth-order valence-corrected chi connectivity index (χ4v) is 2.48. The van der Waals surface area contributed by atoms with Gasteiger partial charge in [0.1, 0.15) is 0 Å². The van der Waals surface area contributed by atoms with Gasteiger partial charge in [-0.3, -0.25) is 10.1 Å². The normalized spacial score (nSPS) is 11.2. The Balaban J connectivity index is 2.65. The van der Waals surface area contributed by atoms with E-state index in [0.29, 0.717) is 9.26 Å². The van der Waals surface area contributed by atoms with Gasteiger partial charge in [-0.2, -0.15) is 0 Å². The van der Waals surface area contributed by atoms with Crippen LogP contribution < -0.4 is 10.0 Å². The second kappa shape index (κ2) is 6.29. The molecule has 0 amide bonds. The molecule has 9 heteroatoms. The van der Waals surface area contributed by atoms with E-state index in [9.17, 15) is 18.5 Å². The maximum absolute atomic E-state index is 11.2. The standard InChI is InChI=1S/C9H12IN3O4S/c1-11-18(16,17)5-4-12-7-2-3-9(13(14)15)8(10)6-7/h2-3,6,11-12H,4-5H2,1H3. The number of benzene rings is 1. The van der Waals surface area contributed by atoms with Gasteiger partial charge in [-0.1, -0.05) is 0 Å². The van der Waals surface area contributed by atoms with Crippen molar-refractivity contribution in [3.8, 4) is 0 Å². The van der Waals surface area contributed by atoms with Crippen molar-refractivity contribution in [2.24, 2.45) is 0 Å². The molecule has 100 valence electrons. The summed E-state index contributed by atoms with van der Waals surface area (Å²) < 4.78 is 25.0. The van der Waals surface area contributed by atoms with E-state index in [1.807, 2.05) is 22.6 Å². The van der Waals surface area contributed by atoms with Crippen LogP contribution in [0.2, 0.25) is 0 Å². The average molecular weight is 385 g/mol. The second-order valence-electron chi connectivity index (χ2n) is 3.37. The van der Waals surface area contributed by atoms with Crippen LogP contribution in [0.15, 0.2) is 18.2 Å². The average Bonchev–Trinajstić information content (AvgIpc) is 2.28. The van der Waals surface area contributed by atoms with Crippen LogP contribution in [0.3, 0.4) is 0 Å². The lowest BCUT2D eigenvalue weighted by molar-refractivity contribution is -0.385. The molecule has 2 N–H and O–H groups in total. The SMILES string of the molecule is CNS(=O)(=O)CCNc1ccc([N+](=O)[O-])c(I)c1. The molecule has 0 saturated heterocycles. The van der Waals surface area contributed by atoms with Crippen molar-refractivity contribution in [3.05, 3.63) is 31.9 Å². The molecular formula is C9H12IN3O4S. The third-order valence-electron chi connectivity index (χ3n) is 2.16. The number of nitrogens with zero attached hydrogens (tertiary/aromatic N) is 1. The first-order valence-corrected chi connectivity index (χ1v) is 7.68. The zero-order chi connectivity index (χ0) is 13.8. The van der Waals surface area contributed by atoms with Crippen LogP contribution in [-0.4, -0.2) is 32.7 Å². The van der Waals surface area contributed by atoms with Crippen LogP contribution in [-0.2, 0) is 10.0 Å². The summed E-state index contributed by atoms with van der Waals surface area (Å²) in [7, 11) is -1.89. The first-order valence-electron chi connectivity index (χ1n) is 4.95. The third kappa shape index (κ3) is 4.38. The van der Waals surface area contributed by atoms with Gasteiger partial charge in [0.15, 0.2) is 0 Å². The zero-order valence-corrected chi connectivity index (χ0v) is 12.5. The molecule has 0 unspecified atom stereocenters. The molecule has 0 saturated carbocycles. The van der Waals surface area contributed by atoms with E-state index in [-0.39, 0.29) is 18.0 Å². The van der Waals surface area contributed by atoms with Crippen LogP contribution in [0.5, 0.6) is 0 Å². The van der Waals surface area contributed by atoms with E-state index in [1.165, 1.54) is 13.1 Å². The van der Waals surface area contributed by atoms with Gasteiger partial charge in [0, 0.05) is 18.3 Å². The smallest absolute Gasteiger partial charge is 0.282 e. The minimum atomic E-state index is -3.24. The highest BCUT2D eigenvalue weighted by Gasteiger charge is 2.12. The molecule has 0 atom stereocenters. The molecule has 0 aliphatic carbocycles. The lowest BCUT2D eigenvalue weighted by atomic mass is 10.3. The molecule has 1 rings (SSSR count). The molecule has 0 bridgehead atoms. The molecule has 0 aliphatic heterocycles. The Morgan fingerprint density at radius 3 is 2.61 bits per heavy atom. The molecule has 1 aromatic rings. The number of nitro benzene ring substituents is 1. The molecule has 1 aromatic carbocycles. The Morgan fingerprint density at radius 1 is 1.44 bits per heavy atom. The molecule has 18 heavy (non-hydrogen) atoms. The summed E-state index contributed by atoms with van der Waals surface area (Å²) in [5, 5.41) is 13.5. The minimum absolute atomic E-state index is 0.0315. The number of nitro groups is 1. The number of hydrogen-bond acceptors (Lipinski definition) is 5. The van der Waals surface area contributed by atoms with Crippen LogP contribution in [0.1, 0.15) is 0 Å². The summed E-state index contributed by atoms with van der Waals surface area (Å²) in [5.74, 6) is -0.0585. The van der Waals surface area contributed by atoms with E-state index in [0.717, 1.165) is 0 Å². The number of sulfonamides is 1. The van der Waals surface area contributed by atoms with E-state index in [2.05, 4.69) is 10.0 Å². The number of halogens is 1. The van der Waals surface area contributed by atoms with Crippen molar-refractivity contribution in [2.45, 2.75) is 0 Å². The molecule has 0 aromatic heterocycles. The monoisotopic (exact) mass is 385 g/mol. The molecule has 0 spiro atoms. The first kappa shape index (κ1) is 15.1. The van der Waals surface area contributed by atoms with Gasteiger partial charge in [-0.05, 0) is 41.8 Å². The maximum atomic E-state index is 11.2. The highest BCUT2D eigenvalue weighted by Crippen LogP contribution is 2.23. The fraction of sp³-hybridized carbons (Fsp3) is 0.333. The van der Waals surface area contributed by atoms with Gasteiger partial charge in [-0.15, -0.1) is 0 Å². The quantitative estimate of drug-likeness (QED) is 0.435. The van der Waals surface area contributed by atoms with Crippen LogP contribution in [0.4, 0.5) is 11.4 Å². The Morgan fingerprint density at radius 2 is 2.11 bits per heavy atom. The maximum Gasteiger partial charge on any atom is 0.282 e. The largest absolute Gasteiger partial charge is 0.384 e. The van der Waals surface area contributed by atoms with Gasteiger partial charge >= 0.3 is 0 Å². The van der Waals surface area contributed by atoms with Gasteiger partial charge in [0.05, 0.1) is 14.2 Å². The fourth-order valence-electron chi connectivity index (χ4n) is 1.20. The van der Waals surface area contributed by atoms with Crippen molar-refractivity contribution < 1.29 is 13.3 Å². The summed E-state index contributed by atoms with van der Waals surface area (Å²) in [6.45, 7) is 0.233. The summed E-state index contributed by atoms with van der Waals surface area (Å²) in [6.07, 6.45) is 0. The molecule has 0 radical (unpaired) electrons. The van der Waals surface area contributed by atoms with E-state index < -0.39 is 14.9 Å². The molecule has 7 nitrogen and oxygen atoms in total. The van der Waals surface area contributed by atoms with Crippen molar-refractivity contribution in [3.63, 3.8) is 0 Å². The summed E-state index contributed by atoms with van der Waals surface area (Å²) in [6, 6.07) is 4.54. The lowest BCUT2D eigenvalue weighted by Gasteiger charge is -2.07. The van der Waals surface area contributed by atoms with E-state index in [4.69, 9.17) is 0 Å². The van der Waals surface area contributed by atoms with Gasteiger partial charge in [-0.25, -0.2) is 13.1 Å². The Hall–Kier alpha value is -0.940. The molecular weight excluding hydrogens is 373 g/mol. The van der Waals surface area contributed by atoms with Gasteiger partial charge in [0.2, 0.25) is 10.0 Å². The van der Waals surface area contributed by atoms with E-state index in [1.54, 1.807) is 12.1 Å². The summed E-state index contributed by atoms with van der Waals surface area (Å²) >= 11 is 1.86. The van der Waals surface area contributed by atoms with Crippen molar-refractivity contribution in [1.29, 1.82) is 0 Å². The van der Waals surface area contributed by atoms with E-state index >= 15 is 0 Å². The predicted octanol–water partition coefficient (Wildman–Crippen LogP) is 1.16. The van der Waals surface area contributed by atoms with Gasteiger partial charge < -0.3 is 5.32 Å². The molecule has 0 fully saturated rings. The highest BCUT2D eigenvalue weighted by molar-refractivity contribution is 14.1. The lowest BCUT2D eigenvalue weighted by Crippen LogP contribution is -2.26. The van der Waals surface area contributed by atoms with Crippen molar-refractivity contribution in [2.75, 3.05) is 24.7 Å². The van der Waals surface area contributed by atoms with Crippen LogP contribution in [0, 0.1) is 13.7 Å². The second-order valence-corrected chi connectivity index (χ2v) is 6.58. The number of hydrogen-bond donors (Lipinski definition) is 2. The molecule has 0 aliphatic rings. The van der Waals surface area contributed by atoms with Crippen LogP contribution >= 0.6 is 22.6 Å². The highest BCUT2D eigenvalue weighted by atomic mass is 127. The predicted molar refractivity (Wildman–Crippen MR) is 77.1 cm³/mol. The summed E-state index contributed by atoms with van der Waals surface area (Å²) in [4.78, 5) is 10.1.